The third-order valence-corrected chi connectivity index (χ3v) is 5.31. The molecular formula is C19H28N6O2. The molecule has 0 unspecified atom stereocenters. The highest BCUT2D eigenvalue weighted by Gasteiger charge is 2.28. The molecule has 1 amide bonds. The molecule has 0 aromatic carbocycles. The van der Waals surface area contributed by atoms with Gasteiger partial charge in [0.25, 0.3) is 5.91 Å². The fraction of sp³-hybridized carbons (Fsp3) is 0.579. The van der Waals surface area contributed by atoms with Crippen LogP contribution in [0.15, 0.2) is 18.5 Å². The van der Waals surface area contributed by atoms with Gasteiger partial charge < -0.3 is 14.6 Å². The number of aromatic nitrogens is 4. The van der Waals surface area contributed by atoms with Gasteiger partial charge in [0, 0.05) is 45.0 Å². The monoisotopic (exact) mass is 372 g/mol. The van der Waals surface area contributed by atoms with Gasteiger partial charge in [0.15, 0.2) is 0 Å². The molecule has 8 heteroatoms. The number of aliphatic hydroxyl groups is 1. The van der Waals surface area contributed by atoms with Crippen LogP contribution >= 0.6 is 0 Å². The summed E-state index contributed by atoms with van der Waals surface area (Å²) in [4.78, 5) is 20.8. The first kappa shape index (κ1) is 19.4. The van der Waals surface area contributed by atoms with Gasteiger partial charge >= 0.3 is 0 Å². The van der Waals surface area contributed by atoms with E-state index in [9.17, 15) is 4.79 Å². The van der Waals surface area contributed by atoms with Gasteiger partial charge in [0.05, 0.1) is 18.7 Å². The SMILES string of the molecule is Cc1ccncc1C(=O)N1CCC(c2nnc(CN(C)CCO)n2C)CC1. The van der Waals surface area contributed by atoms with Crippen LogP contribution in [-0.2, 0) is 13.6 Å². The Kier molecular flexibility index (Phi) is 6.18. The average Bonchev–Trinajstić information content (AvgIpc) is 3.02. The maximum atomic E-state index is 12.7. The normalized spacial score (nSPS) is 15.5. The predicted octanol–water partition coefficient (Wildman–Crippen LogP) is 0.962. The van der Waals surface area contributed by atoms with Crippen LogP contribution in [0.3, 0.4) is 0 Å². The van der Waals surface area contributed by atoms with Crippen LogP contribution in [0.5, 0.6) is 0 Å². The summed E-state index contributed by atoms with van der Waals surface area (Å²) in [7, 11) is 3.95. The molecule has 2 aromatic rings. The molecule has 1 fully saturated rings. The fourth-order valence-corrected chi connectivity index (χ4v) is 3.56. The lowest BCUT2D eigenvalue weighted by Crippen LogP contribution is -2.38. The Morgan fingerprint density at radius 3 is 2.74 bits per heavy atom. The largest absolute Gasteiger partial charge is 0.395 e. The highest BCUT2D eigenvalue weighted by molar-refractivity contribution is 5.95. The maximum absolute atomic E-state index is 12.7. The molecule has 3 heterocycles. The molecule has 8 nitrogen and oxygen atoms in total. The van der Waals surface area contributed by atoms with Gasteiger partial charge in [-0.2, -0.15) is 0 Å². The molecule has 0 spiro atoms. The Bertz CT molecular complexity index is 782. The molecule has 1 N–H and O–H groups in total. The molecule has 0 radical (unpaired) electrons. The predicted molar refractivity (Wildman–Crippen MR) is 101 cm³/mol. The zero-order valence-corrected chi connectivity index (χ0v) is 16.3. The molecule has 3 rings (SSSR count). The fourth-order valence-electron chi connectivity index (χ4n) is 3.56. The van der Waals surface area contributed by atoms with E-state index in [-0.39, 0.29) is 12.5 Å². The van der Waals surface area contributed by atoms with Crippen LogP contribution in [0.1, 0.15) is 46.3 Å². The average molecular weight is 372 g/mol. The van der Waals surface area contributed by atoms with Crippen LogP contribution in [0.2, 0.25) is 0 Å². The van der Waals surface area contributed by atoms with Gasteiger partial charge in [0.1, 0.15) is 11.6 Å². The highest BCUT2D eigenvalue weighted by atomic mass is 16.3. The molecule has 146 valence electrons. The summed E-state index contributed by atoms with van der Waals surface area (Å²) in [6.07, 6.45) is 5.12. The Morgan fingerprint density at radius 1 is 1.33 bits per heavy atom. The van der Waals surface area contributed by atoms with E-state index in [4.69, 9.17) is 5.11 Å². The second-order valence-corrected chi connectivity index (χ2v) is 7.25. The number of aliphatic hydroxyl groups excluding tert-OH is 1. The standard InChI is InChI=1S/C19H28N6O2/c1-14-4-7-20-12-16(14)19(27)25-8-5-15(6-9-25)18-22-21-17(24(18)3)13-23(2)10-11-26/h4,7,12,15,26H,5-6,8-11,13H2,1-3H3. The van der Waals surface area contributed by atoms with Crippen LogP contribution in [0.25, 0.3) is 0 Å². The van der Waals surface area contributed by atoms with Crippen molar-refractivity contribution in [2.45, 2.75) is 32.2 Å². The van der Waals surface area contributed by atoms with Crippen LogP contribution < -0.4 is 0 Å². The summed E-state index contributed by atoms with van der Waals surface area (Å²) >= 11 is 0. The van der Waals surface area contributed by atoms with E-state index >= 15 is 0 Å². The summed E-state index contributed by atoms with van der Waals surface area (Å²) in [5.74, 6) is 2.24. The van der Waals surface area contributed by atoms with Crippen molar-refractivity contribution in [3.63, 3.8) is 0 Å². The van der Waals surface area contributed by atoms with Gasteiger partial charge in [0.2, 0.25) is 0 Å². The summed E-state index contributed by atoms with van der Waals surface area (Å²) in [6.45, 7) is 4.76. The lowest BCUT2D eigenvalue weighted by molar-refractivity contribution is 0.0709. The van der Waals surface area contributed by atoms with Crippen molar-refractivity contribution in [3.8, 4) is 0 Å². The van der Waals surface area contributed by atoms with Crippen LogP contribution in [-0.4, -0.2) is 73.9 Å². The summed E-state index contributed by atoms with van der Waals surface area (Å²) in [5, 5.41) is 17.8. The molecule has 2 aromatic heterocycles. The Labute approximate surface area is 159 Å². The van der Waals surface area contributed by atoms with E-state index in [1.54, 1.807) is 12.4 Å². The van der Waals surface area contributed by atoms with E-state index < -0.39 is 0 Å². The molecule has 1 aliphatic rings. The molecule has 0 saturated carbocycles. The number of likely N-dealkylation sites (tertiary alicyclic amines) is 1. The molecule has 0 aliphatic carbocycles. The van der Waals surface area contributed by atoms with E-state index in [0.717, 1.165) is 30.1 Å². The topological polar surface area (TPSA) is 87.4 Å². The quantitative estimate of drug-likeness (QED) is 0.813. The molecule has 27 heavy (non-hydrogen) atoms. The number of amides is 1. The summed E-state index contributed by atoms with van der Waals surface area (Å²) in [5.41, 5.74) is 1.64. The third-order valence-electron chi connectivity index (χ3n) is 5.31. The summed E-state index contributed by atoms with van der Waals surface area (Å²) in [6, 6.07) is 1.87. The van der Waals surface area contributed by atoms with Crippen molar-refractivity contribution in [1.82, 2.24) is 29.5 Å². The Morgan fingerprint density at radius 2 is 2.07 bits per heavy atom. The van der Waals surface area contributed by atoms with Gasteiger partial charge in [-0.15, -0.1) is 10.2 Å². The molecule has 0 bridgehead atoms. The van der Waals surface area contributed by atoms with Gasteiger partial charge in [-0.05, 0) is 38.4 Å². The van der Waals surface area contributed by atoms with Gasteiger partial charge in [-0.25, -0.2) is 0 Å². The lowest BCUT2D eigenvalue weighted by Gasteiger charge is -2.31. The number of hydrogen-bond acceptors (Lipinski definition) is 6. The number of likely N-dealkylation sites (N-methyl/N-ethyl adjacent to an activating group) is 1. The van der Waals surface area contributed by atoms with Crippen molar-refractivity contribution < 1.29 is 9.90 Å². The number of nitrogens with zero attached hydrogens (tertiary/aromatic N) is 6. The van der Waals surface area contributed by atoms with Gasteiger partial charge in [-0.1, -0.05) is 0 Å². The number of aryl methyl sites for hydroxylation is 1. The number of piperidine rings is 1. The van der Waals surface area contributed by atoms with E-state index in [0.29, 0.717) is 37.7 Å². The number of pyridine rings is 1. The first-order chi connectivity index (χ1) is 13.0. The van der Waals surface area contributed by atoms with Crippen molar-refractivity contribution in [1.29, 1.82) is 0 Å². The van der Waals surface area contributed by atoms with Crippen molar-refractivity contribution >= 4 is 5.91 Å². The lowest BCUT2D eigenvalue weighted by atomic mass is 9.95. The molecule has 1 saturated heterocycles. The first-order valence-corrected chi connectivity index (χ1v) is 9.38. The number of carbonyl (C=O) groups is 1. The van der Waals surface area contributed by atoms with Crippen molar-refractivity contribution in [2.75, 3.05) is 33.3 Å². The second-order valence-electron chi connectivity index (χ2n) is 7.25. The first-order valence-electron chi connectivity index (χ1n) is 9.38. The van der Waals surface area contributed by atoms with E-state index in [1.807, 2.05) is 36.9 Å². The zero-order valence-electron chi connectivity index (χ0n) is 16.3. The maximum Gasteiger partial charge on any atom is 0.255 e. The Hall–Kier alpha value is -2.32. The minimum absolute atomic E-state index is 0.0586. The van der Waals surface area contributed by atoms with Crippen LogP contribution in [0.4, 0.5) is 0 Å². The minimum Gasteiger partial charge on any atom is -0.395 e. The number of hydrogen-bond donors (Lipinski definition) is 1. The minimum atomic E-state index is 0.0586. The van der Waals surface area contributed by atoms with E-state index in [2.05, 4.69) is 19.7 Å². The third kappa shape index (κ3) is 4.33. The number of rotatable bonds is 6. The second kappa shape index (κ2) is 8.58. The molecule has 0 atom stereocenters. The van der Waals surface area contributed by atoms with Crippen LogP contribution in [0, 0.1) is 6.92 Å². The van der Waals surface area contributed by atoms with Crippen molar-refractivity contribution in [2.24, 2.45) is 7.05 Å². The zero-order chi connectivity index (χ0) is 19.4. The summed E-state index contributed by atoms with van der Waals surface area (Å²) < 4.78 is 2.06. The highest BCUT2D eigenvalue weighted by Crippen LogP contribution is 2.28. The number of carbonyl (C=O) groups excluding carboxylic acids is 1. The Balaban J connectivity index is 1.62. The van der Waals surface area contributed by atoms with Crippen molar-refractivity contribution in [3.05, 3.63) is 41.2 Å². The molecular weight excluding hydrogens is 344 g/mol. The van der Waals surface area contributed by atoms with Gasteiger partial charge in [-0.3, -0.25) is 14.7 Å². The van der Waals surface area contributed by atoms with E-state index in [1.165, 1.54) is 0 Å². The molecule has 1 aliphatic heterocycles. The smallest absolute Gasteiger partial charge is 0.255 e.